The number of hydrogen-bond donors (Lipinski definition) is 1. The summed E-state index contributed by atoms with van der Waals surface area (Å²) >= 11 is 0. The molecule has 0 spiro atoms. The normalized spacial score (nSPS) is 24.5. The molecule has 24 heavy (non-hydrogen) atoms. The number of ether oxygens (including phenoxy) is 1. The van der Waals surface area contributed by atoms with Crippen molar-refractivity contribution in [3.8, 4) is 5.75 Å². The first-order valence-corrected chi connectivity index (χ1v) is 8.30. The smallest absolute Gasteiger partial charge is 0.141 e. The highest BCUT2D eigenvalue weighted by molar-refractivity contribution is 5.88. The summed E-state index contributed by atoms with van der Waals surface area (Å²) in [5.41, 5.74) is 2.01. The molecule has 3 nitrogen and oxygen atoms in total. The maximum absolute atomic E-state index is 10.5. The Balaban J connectivity index is 1.79. The number of phenols is 1. The van der Waals surface area contributed by atoms with Gasteiger partial charge in [-0.05, 0) is 36.4 Å². The molecule has 3 aromatic rings. The Morgan fingerprint density at radius 3 is 2.42 bits per heavy atom. The molecule has 1 unspecified atom stereocenters. The van der Waals surface area contributed by atoms with Crippen LogP contribution in [0.2, 0.25) is 0 Å². The van der Waals surface area contributed by atoms with Crippen molar-refractivity contribution in [3.63, 3.8) is 0 Å². The van der Waals surface area contributed by atoms with E-state index in [4.69, 9.17) is 4.74 Å². The lowest BCUT2D eigenvalue weighted by Gasteiger charge is -2.23. The number of rotatable bonds is 2. The second kappa shape index (κ2) is 5.93. The van der Waals surface area contributed by atoms with E-state index in [-0.39, 0.29) is 24.1 Å². The van der Waals surface area contributed by atoms with Gasteiger partial charge in [-0.2, -0.15) is 0 Å². The molecule has 0 aromatic heterocycles. The summed E-state index contributed by atoms with van der Waals surface area (Å²) in [6.45, 7) is 2.17. The van der Waals surface area contributed by atoms with Crippen molar-refractivity contribution in [2.45, 2.75) is 25.3 Å². The van der Waals surface area contributed by atoms with Crippen LogP contribution in [0.4, 0.5) is 0 Å². The predicted molar refractivity (Wildman–Crippen MR) is 95.8 cm³/mol. The Kier molecular flexibility index (Phi) is 3.75. The van der Waals surface area contributed by atoms with Crippen LogP contribution < -0.4 is 0 Å². The summed E-state index contributed by atoms with van der Waals surface area (Å²) in [4.78, 5) is 2.19. The van der Waals surface area contributed by atoms with Crippen molar-refractivity contribution in [3.05, 3.63) is 77.9 Å². The van der Waals surface area contributed by atoms with Gasteiger partial charge in [0, 0.05) is 11.6 Å². The molecule has 0 radical (unpaired) electrons. The van der Waals surface area contributed by atoms with E-state index in [1.807, 2.05) is 42.5 Å². The molecule has 3 atom stereocenters. The van der Waals surface area contributed by atoms with Gasteiger partial charge in [-0.3, -0.25) is 4.90 Å². The number of phenolic OH excluding ortho intramolecular Hbond substituents is 1. The van der Waals surface area contributed by atoms with Crippen LogP contribution in [-0.2, 0) is 4.74 Å². The quantitative estimate of drug-likeness (QED) is 0.747. The number of fused-ring (bicyclic) bond motifs is 1. The summed E-state index contributed by atoms with van der Waals surface area (Å²) in [6.07, 6.45) is -0.282. The Morgan fingerprint density at radius 1 is 0.917 bits per heavy atom. The van der Waals surface area contributed by atoms with E-state index in [1.165, 1.54) is 5.56 Å². The Hall–Kier alpha value is -2.36. The second-order valence-corrected chi connectivity index (χ2v) is 6.45. The van der Waals surface area contributed by atoms with Crippen LogP contribution in [0.15, 0.2) is 66.7 Å². The van der Waals surface area contributed by atoms with Crippen LogP contribution >= 0.6 is 0 Å². The fourth-order valence-corrected chi connectivity index (χ4v) is 3.59. The molecule has 1 fully saturated rings. The van der Waals surface area contributed by atoms with Gasteiger partial charge in [0.25, 0.3) is 0 Å². The number of benzene rings is 3. The van der Waals surface area contributed by atoms with Crippen LogP contribution in [0.3, 0.4) is 0 Å². The molecule has 3 aromatic carbocycles. The Morgan fingerprint density at radius 2 is 1.62 bits per heavy atom. The average molecular weight is 319 g/mol. The van der Waals surface area contributed by atoms with Crippen LogP contribution in [0, 0.1) is 0 Å². The van der Waals surface area contributed by atoms with Gasteiger partial charge in [-0.1, -0.05) is 60.7 Å². The Labute approximate surface area is 142 Å². The molecule has 1 saturated heterocycles. The number of likely N-dealkylation sites (N-methyl/N-ethyl adjacent to an activating group) is 1. The van der Waals surface area contributed by atoms with E-state index in [1.54, 1.807) is 6.07 Å². The zero-order chi connectivity index (χ0) is 16.7. The zero-order valence-electron chi connectivity index (χ0n) is 13.9. The molecular weight excluding hydrogens is 298 g/mol. The van der Waals surface area contributed by atoms with E-state index in [0.717, 1.165) is 16.3 Å². The topological polar surface area (TPSA) is 32.7 Å². The number of nitrogens with zero attached hydrogens (tertiary/aromatic N) is 1. The molecule has 1 heterocycles. The zero-order valence-corrected chi connectivity index (χ0v) is 13.9. The first-order chi connectivity index (χ1) is 11.7. The van der Waals surface area contributed by atoms with Crippen LogP contribution in [-0.4, -0.2) is 23.1 Å². The highest BCUT2D eigenvalue weighted by Crippen LogP contribution is 2.45. The summed E-state index contributed by atoms with van der Waals surface area (Å²) in [5.74, 6) is 0.284. The van der Waals surface area contributed by atoms with E-state index in [0.29, 0.717) is 0 Å². The lowest BCUT2D eigenvalue weighted by molar-refractivity contribution is 0.00522. The summed E-state index contributed by atoms with van der Waals surface area (Å²) in [6, 6.07) is 22.3. The van der Waals surface area contributed by atoms with Gasteiger partial charge >= 0.3 is 0 Å². The molecule has 0 bridgehead atoms. The largest absolute Gasteiger partial charge is 0.507 e. The second-order valence-electron chi connectivity index (χ2n) is 6.45. The summed E-state index contributed by atoms with van der Waals surface area (Å²) in [7, 11) is 2.06. The van der Waals surface area contributed by atoms with Crippen molar-refractivity contribution < 1.29 is 9.84 Å². The van der Waals surface area contributed by atoms with Gasteiger partial charge in [-0.25, -0.2) is 0 Å². The monoisotopic (exact) mass is 319 g/mol. The van der Waals surface area contributed by atoms with Crippen molar-refractivity contribution in [2.24, 2.45) is 0 Å². The van der Waals surface area contributed by atoms with Crippen molar-refractivity contribution in [1.82, 2.24) is 4.90 Å². The van der Waals surface area contributed by atoms with Crippen molar-refractivity contribution in [1.29, 1.82) is 0 Å². The third-order valence-electron chi connectivity index (χ3n) is 5.05. The fourth-order valence-electron chi connectivity index (χ4n) is 3.59. The van der Waals surface area contributed by atoms with Gasteiger partial charge in [0.15, 0.2) is 0 Å². The minimum Gasteiger partial charge on any atom is -0.507 e. The van der Waals surface area contributed by atoms with Gasteiger partial charge < -0.3 is 9.84 Å². The molecule has 0 amide bonds. The van der Waals surface area contributed by atoms with Crippen LogP contribution in [0.1, 0.15) is 30.4 Å². The molecule has 122 valence electrons. The molecular formula is C21H21NO2. The van der Waals surface area contributed by atoms with Crippen molar-refractivity contribution in [2.75, 3.05) is 7.05 Å². The van der Waals surface area contributed by atoms with Crippen LogP contribution in [0.5, 0.6) is 5.75 Å². The fraction of sp³-hybridized carbons (Fsp3) is 0.238. The van der Waals surface area contributed by atoms with E-state index < -0.39 is 0 Å². The molecule has 0 aliphatic carbocycles. The molecule has 4 rings (SSSR count). The molecule has 1 N–H and O–H groups in total. The van der Waals surface area contributed by atoms with Crippen LogP contribution in [0.25, 0.3) is 10.8 Å². The van der Waals surface area contributed by atoms with Crippen molar-refractivity contribution >= 4 is 10.8 Å². The molecule has 1 aliphatic heterocycles. The first-order valence-electron chi connectivity index (χ1n) is 8.30. The van der Waals surface area contributed by atoms with E-state index >= 15 is 0 Å². The maximum Gasteiger partial charge on any atom is 0.141 e. The standard InChI is InChI=1S/C21H21NO2/c1-14-20(16-9-4-3-5-10-16)24-21(22(14)2)19-17-11-7-6-8-15(17)12-13-18(19)23/h3-14,20-21,23H,1-2H3/t14-,20?,21-/m0/s1. The average Bonchev–Trinajstić information content (AvgIpc) is 2.91. The molecule has 0 saturated carbocycles. The maximum atomic E-state index is 10.5. The Bertz CT molecular complexity index is 862. The third-order valence-corrected chi connectivity index (χ3v) is 5.05. The third kappa shape index (κ3) is 2.37. The van der Waals surface area contributed by atoms with E-state index in [9.17, 15) is 5.11 Å². The van der Waals surface area contributed by atoms with Gasteiger partial charge in [0.05, 0.1) is 0 Å². The van der Waals surface area contributed by atoms with Gasteiger partial charge in [0.2, 0.25) is 0 Å². The molecule has 1 aliphatic rings. The molecule has 3 heteroatoms. The van der Waals surface area contributed by atoms with E-state index in [2.05, 4.69) is 37.1 Å². The number of aromatic hydroxyl groups is 1. The summed E-state index contributed by atoms with van der Waals surface area (Å²) in [5, 5.41) is 12.7. The highest BCUT2D eigenvalue weighted by atomic mass is 16.5. The lowest BCUT2D eigenvalue weighted by atomic mass is 10.0. The summed E-state index contributed by atoms with van der Waals surface area (Å²) < 4.78 is 6.41. The number of hydrogen-bond acceptors (Lipinski definition) is 3. The highest BCUT2D eigenvalue weighted by Gasteiger charge is 2.40. The lowest BCUT2D eigenvalue weighted by Crippen LogP contribution is -2.27. The van der Waals surface area contributed by atoms with Gasteiger partial charge in [0.1, 0.15) is 18.1 Å². The first kappa shape index (κ1) is 15.2. The SMILES string of the molecule is C[C@H]1C(c2ccccc2)O[C@@H](c2c(O)ccc3ccccc23)N1C. The van der Waals surface area contributed by atoms with Gasteiger partial charge in [-0.15, -0.1) is 0 Å². The minimum atomic E-state index is -0.267. The predicted octanol–water partition coefficient (Wildman–Crippen LogP) is 4.64. The minimum absolute atomic E-state index is 0.0143.